The summed E-state index contributed by atoms with van der Waals surface area (Å²) < 4.78 is 276. The molecule has 8 aromatic carbocycles. The number of rotatable bonds is 20. The summed E-state index contributed by atoms with van der Waals surface area (Å²) >= 11 is 0. The normalized spacial score (nSPS) is 14.8. The first-order valence-corrected chi connectivity index (χ1v) is 56.7. The molecule has 134 heavy (non-hydrogen) atoms. The van der Waals surface area contributed by atoms with Crippen molar-refractivity contribution in [3.63, 3.8) is 0 Å². The van der Waals surface area contributed by atoms with E-state index in [1.54, 1.807) is 36.7 Å². The molecule has 0 saturated carbocycles. The third-order valence-corrected chi connectivity index (χ3v) is 27.6. The smallest absolute Gasteiger partial charge is 0.0830 e. The van der Waals surface area contributed by atoms with Gasteiger partial charge in [-0.25, -0.2) is 0 Å². The van der Waals surface area contributed by atoms with Crippen LogP contribution in [0.1, 0.15) is 153 Å². The molecule has 0 aliphatic carbocycles. The van der Waals surface area contributed by atoms with E-state index in [4.69, 9.17) is 49.3 Å². The number of nitrogens with zero attached hydrogens (tertiary/aromatic N) is 8. The SMILES string of the molecule is [2H]c1[c-]c(-c2cc(C(C)C(C)C)c([Si](C)(C)C)cn2)c([2H])c([2H])c1[2H].[2H]c1[c-]c(-c2cc(CC(C)(C)C)c([Si](C)(C)C)cn2)c([2H])c([2H])c1[2H].[2H]c1[c-]c(-c2cc(CC(C)C)c([Si](C)(C)C)cn2)c([2H])c([2H])c1[2H].[2H]c1[c-]c(-c2cc(CCCC)c([Si](C)(C)C)cn2)c([2H])c([2H])c1[2H].[2H]c1[c-]c(-c2ccccn2)cc([2H])c1[2H].[2H]c1[c-]c(-c2ccccn2)cc([2H])c1[2H].[2H]c1[c-]c(-c2nc([2H])c([2H])c([2H])c2[2H])cc([2H])c1[2H].[2H]c1[c-]c(-c2nc([2H])c([2H])c([2H])c2[2H])cc([2H])c1[2H].[Ir].[Ir].[Ir].[Ir]. The summed E-state index contributed by atoms with van der Waals surface area (Å²) in [6, 6.07) is 38.4. The van der Waals surface area contributed by atoms with E-state index in [0.29, 0.717) is 85.3 Å². The van der Waals surface area contributed by atoms with E-state index in [1.165, 1.54) is 67.3 Å². The summed E-state index contributed by atoms with van der Waals surface area (Å²) in [6.45, 7) is 47.2. The fourth-order valence-electron chi connectivity index (χ4n) is 12.7. The van der Waals surface area contributed by atoms with Crippen LogP contribution in [0, 0.1) is 65.8 Å². The van der Waals surface area contributed by atoms with Crippen LogP contribution in [-0.4, -0.2) is 72.2 Å². The molecule has 0 aliphatic rings. The standard InChI is InChI=1S/2C19H26NSi.2C18H24NSi.4C11H8N.4Ir/c1-19(2,3)13-16-12-17(15-10-8-7-9-11-15)20-14-18(16)21(4,5)6;1-14(2)15(3)17-12-18(16-10-8-7-9-11-16)20-13-19(17)21(4,5)6;1-14(2)11-16-12-17(15-9-7-6-8-10-15)19-13-18(16)20(3,4)5;1-5-6-10-16-13-17(15-11-8-7-9-12-15)19-14-18(16)20(2,3)4;4*1-2-6-10(7-3-1)11-8-4-5-9-12-11;;;;/h7-10,12,14H,13H2,1-6H3;7-10,12-15H,1-6H3;6-9,12-14H,11H2,1-5H3;7-9,11,13-14H,5-6,10H2,1-4H3;4*1-6,8-9H;;;;/q8*-1;;;;/i2*7D,8D,9D,10D;6D,7D,8D,9D;7D,8D,9D,11D;2*1D,2D,3D,4D,5D,8D,9D;2*1D,2D,3D;;;;. The number of hydrogen-bond donors (Lipinski definition) is 0. The number of pyridine rings is 8. The van der Waals surface area contributed by atoms with Gasteiger partial charge in [0.25, 0.3) is 0 Å². The fourth-order valence-corrected chi connectivity index (χ4v) is 19.1. The molecule has 1 unspecified atom stereocenters. The largest absolute Gasteiger partial charge is 0.305 e. The van der Waals surface area contributed by atoms with Gasteiger partial charge >= 0.3 is 0 Å². The minimum absolute atomic E-state index is 0. The van der Waals surface area contributed by atoms with Crippen LogP contribution in [0.15, 0.2) is 340 Å². The second kappa shape index (κ2) is 58.1. The van der Waals surface area contributed by atoms with Crippen LogP contribution < -0.4 is 20.7 Å². The second-order valence-electron chi connectivity index (χ2n) is 35.9. The summed E-state index contributed by atoms with van der Waals surface area (Å²) in [4.78, 5) is 33.8. The van der Waals surface area contributed by atoms with E-state index in [0.717, 1.165) is 32.1 Å². The Morgan fingerprint density at radius 2 is 0.619 bits per heavy atom. The molecule has 4 radical (unpaired) electrons. The molecule has 0 bridgehead atoms. The van der Waals surface area contributed by atoms with Crippen LogP contribution in [-0.2, 0) is 99.7 Å². The Morgan fingerprint density at radius 1 is 0.313 bits per heavy atom. The Labute approximate surface area is 913 Å². The fraction of sp³-hybridized carbons (Fsp3) is 0.254. The van der Waals surface area contributed by atoms with Crippen LogP contribution in [0.4, 0.5) is 0 Å². The maximum Gasteiger partial charge on any atom is 0.0830 e. The molecule has 0 amide bonds. The average molecular weight is 2580 g/mol. The van der Waals surface area contributed by atoms with Crippen molar-refractivity contribution in [3.8, 4) is 90.1 Å². The molecule has 0 N–H and O–H groups in total. The molecule has 704 valence electrons. The van der Waals surface area contributed by atoms with Gasteiger partial charge in [-0.05, 0) is 156 Å². The van der Waals surface area contributed by atoms with Gasteiger partial charge in [0.05, 0.1) is 43.3 Å². The Bertz CT molecular complexity index is 8000. The van der Waals surface area contributed by atoms with Gasteiger partial charge < -0.3 is 39.9 Å². The second-order valence-corrected chi connectivity index (χ2v) is 56.1. The molecule has 16 heteroatoms. The molecule has 0 aliphatic heterocycles. The van der Waals surface area contributed by atoms with Crippen LogP contribution >= 0.6 is 0 Å². The Kier molecular flexibility index (Phi) is 30.4. The quantitative estimate of drug-likeness (QED) is 0.0549. The van der Waals surface area contributed by atoms with Gasteiger partial charge in [-0.3, -0.25) is 0 Å². The molecule has 0 spiro atoms. The van der Waals surface area contributed by atoms with Crippen molar-refractivity contribution < 1.29 is 130 Å². The van der Waals surface area contributed by atoms with Gasteiger partial charge in [0.1, 0.15) is 0 Å². The van der Waals surface area contributed by atoms with E-state index in [1.807, 2.05) is 61.2 Å². The molecule has 8 aromatic heterocycles. The van der Waals surface area contributed by atoms with Gasteiger partial charge in [-0.15, -0.1) is 286 Å². The maximum absolute atomic E-state index is 8.16. The molecular weight excluding hydrogens is 2410 g/mol. The predicted octanol–water partition coefficient (Wildman–Crippen LogP) is 28.5. The van der Waals surface area contributed by atoms with Crippen molar-refractivity contribution in [1.29, 1.82) is 0 Å². The summed E-state index contributed by atoms with van der Waals surface area (Å²) in [5, 5.41) is 5.23. The number of aryl methyl sites for hydroxylation is 1. The minimum Gasteiger partial charge on any atom is -0.305 e. The third-order valence-electron chi connectivity index (χ3n) is 19.3. The molecule has 16 aromatic rings. The summed E-state index contributed by atoms with van der Waals surface area (Å²) in [6.07, 6.45) is 15.0. The van der Waals surface area contributed by atoms with Crippen molar-refractivity contribution in [2.24, 2.45) is 17.3 Å². The summed E-state index contributed by atoms with van der Waals surface area (Å²) in [5.41, 5.74) is 11.3. The first-order valence-electron chi connectivity index (χ1n) is 60.7. The van der Waals surface area contributed by atoms with Crippen LogP contribution in [0.25, 0.3) is 90.1 Å². The monoisotopic (exact) mass is 2580 g/mol. The summed E-state index contributed by atoms with van der Waals surface area (Å²) in [7, 11) is -6.20. The van der Waals surface area contributed by atoms with E-state index < -0.39 is 68.8 Å². The van der Waals surface area contributed by atoms with Gasteiger partial charge in [-0.1, -0.05) is 242 Å². The Morgan fingerprint density at radius 3 is 0.940 bits per heavy atom. The van der Waals surface area contributed by atoms with E-state index in [-0.39, 0.29) is 290 Å². The van der Waals surface area contributed by atoms with Gasteiger partial charge in [0.15, 0.2) is 0 Å². The molecule has 8 nitrogen and oxygen atoms in total. The number of unbranched alkanes of at least 4 members (excludes halogenated alkanes) is 1. The first-order chi connectivity index (χ1) is 76.9. The van der Waals surface area contributed by atoms with Crippen LogP contribution in [0.3, 0.4) is 0 Å². The van der Waals surface area contributed by atoms with Gasteiger partial charge in [0.2, 0.25) is 0 Å². The van der Waals surface area contributed by atoms with E-state index in [2.05, 4.69) is 229 Å². The van der Waals surface area contributed by atoms with E-state index in [9.17, 15) is 0 Å². The Hall–Kier alpha value is -9.58. The van der Waals surface area contributed by atoms with Crippen molar-refractivity contribution in [1.82, 2.24) is 39.9 Å². The summed E-state index contributed by atoms with van der Waals surface area (Å²) in [5.74, 6) is 1.32. The molecular formula is C118H132Ir4N8Si4-8. The molecule has 16 rings (SSSR count). The van der Waals surface area contributed by atoms with Crippen molar-refractivity contribution in [2.45, 2.75) is 179 Å². The van der Waals surface area contributed by atoms with Crippen molar-refractivity contribution in [2.75, 3.05) is 0 Å². The number of benzene rings is 8. The predicted molar refractivity (Wildman–Crippen MR) is 564 cm³/mol. The van der Waals surface area contributed by atoms with Crippen LogP contribution in [0.5, 0.6) is 0 Å². The number of aromatic nitrogens is 8. The van der Waals surface area contributed by atoms with E-state index >= 15 is 0 Å². The van der Waals surface area contributed by atoms with Gasteiger partial charge in [-0.2, -0.15) is 0 Å². The maximum atomic E-state index is 8.16. The molecule has 0 fully saturated rings. The third kappa shape index (κ3) is 38.9. The Balaban J connectivity index is 0.000000340. The average Bonchev–Trinajstić information content (AvgIpc) is 0.784. The molecule has 1 atom stereocenters. The zero-order valence-corrected chi connectivity index (χ0v) is 92.8. The number of hydrogen-bond acceptors (Lipinski definition) is 8. The molecule has 8 heterocycles. The van der Waals surface area contributed by atoms with Gasteiger partial charge in [0, 0.05) is 152 Å². The zero-order chi connectivity index (χ0) is 125. The van der Waals surface area contributed by atoms with Crippen molar-refractivity contribution in [3.05, 3.63) is 411 Å². The van der Waals surface area contributed by atoms with Crippen LogP contribution in [0.2, 0.25) is 78.6 Å². The van der Waals surface area contributed by atoms with Crippen molar-refractivity contribution >= 4 is 53.0 Å². The zero-order valence-electron chi connectivity index (χ0n) is 115. The first kappa shape index (κ1) is 70.1. The minimum atomic E-state index is -1.58. The topological polar surface area (TPSA) is 103 Å². The molecule has 0 saturated heterocycles.